The minimum absolute atomic E-state index is 0.0502. The van der Waals surface area contributed by atoms with Crippen LogP contribution in [0, 0.1) is 0 Å². The highest BCUT2D eigenvalue weighted by Gasteiger charge is 2.17. The molecule has 0 aromatic rings. The molecule has 0 radical (unpaired) electrons. The summed E-state index contributed by atoms with van der Waals surface area (Å²) in [6, 6.07) is 0. The van der Waals surface area contributed by atoms with Crippen LogP contribution in [0.15, 0.2) is 97.2 Å². The third-order valence-electron chi connectivity index (χ3n) is 10.6. The lowest BCUT2D eigenvalue weighted by Crippen LogP contribution is -2.30. The third kappa shape index (κ3) is 49.5. The van der Waals surface area contributed by atoms with Gasteiger partial charge in [-0.1, -0.05) is 195 Å². The first kappa shape index (κ1) is 58.8. The molecule has 0 aliphatic carbocycles. The Labute approximate surface area is 383 Å². The highest BCUT2D eigenvalue weighted by molar-refractivity contribution is 5.70. The van der Waals surface area contributed by atoms with Crippen molar-refractivity contribution in [2.24, 2.45) is 0 Å². The summed E-state index contributed by atoms with van der Waals surface area (Å²) in [4.78, 5) is 25.4. The number of hydrogen-bond acceptors (Lipinski definition) is 5. The average Bonchev–Trinajstić information content (AvgIpc) is 3.27. The van der Waals surface area contributed by atoms with Crippen molar-refractivity contribution < 1.29 is 23.8 Å². The predicted octanol–water partition coefficient (Wildman–Crippen LogP) is 17.5. The molecule has 0 heterocycles. The van der Waals surface area contributed by atoms with Crippen molar-refractivity contribution in [2.45, 2.75) is 232 Å². The van der Waals surface area contributed by atoms with Gasteiger partial charge in [0, 0.05) is 19.4 Å². The molecule has 0 N–H and O–H groups in total. The Morgan fingerprint density at radius 2 is 0.726 bits per heavy atom. The number of esters is 2. The maximum atomic E-state index is 12.8. The van der Waals surface area contributed by atoms with E-state index in [2.05, 4.69) is 118 Å². The van der Waals surface area contributed by atoms with Crippen LogP contribution >= 0.6 is 0 Å². The minimum Gasteiger partial charge on any atom is -0.462 e. The van der Waals surface area contributed by atoms with Crippen molar-refractivity contribution in [1.82, 2.24) is 0 Å². The van der Waals surface area contributed by atoms with Gasteiger partial charge in [-0.05, 0) is 116 Å². The van der Waals surface area contributed by atoms with Crippen molar-refractivity contribution in [3.63, 3.8) is 0 Å². The Bertz CT molecular complexity index is 1200. The summed E-state index contributed by atoms with van der Waals surface area (Å²) in [5, 5.41) is 0. The zero-order valence-corrected chi connectivity index (χ0v) is 40.6. The zero-order chi connectivity index (χ0) is 44.9. The van der Waals surface area contributed by atoms with Gasteiger partial charge >= 0.3 is 11.9 Å². The van der Waals surface area contributed by atoms with Gasteiger partial charge in [-0.2, -0.15) is 0 Å². The van der Waals surface area contributed by atoms with Gasteiger partial charge in [0.05, 0.1) is 6.61 Å². The predicted molar refractivity (Wildman–Crippen MR) is 270 cm³/mol. The largest absolute Gasteiger partial charge is 0.462 e. The Balaban J connectivity index is 4.40. The molecule has 0 saturated carbocycles. The molecular weight excluding hydrogens is 765 g/mol. The monoisotopic (exact) mass is 861 g/mol. The maximum absolute atomic E-state index is 12.8. The van der Waals surface area contributed by atoms with Gasteiger partial charge in [0.1, 0.15) is 6.61 Å². The topological polar surface area (TPSA) is 61.8 Å². The maximum Gasteiger partial charge on any atom is 0.306 e. The standard InChI is InChI=1S/C57H96O5/c1-4-7-10-13-16-19-22-25-26-27-28-29-30-31-34-37-40-43-46-49-52-60-53-55(62-57(59)51-48-45-42-39-36-33-24-21-18-15-12-9-6-3)54-61-56(58)50-47-44-41-38-35-32-23-20-17-14-11-8-5-2/h7,10,16,19-21,23-26,28-29,31,34,40,43,55H,4-6,8-9,11-15,17-18,22,27,30,32-33,35-39,41-42,44-54H2,1-3H3/b10-7-,19-16-,23-20-,24-21-,26-25-,29-28-,34-31-,43-40-. The van der Waals surface area contributed by atoms with Crippen molar-refractivity contribution in [3.8, 4) is 0 Å². The number of unbranched alkanes of at least 4 members (excludes halogenated alkanes) is 19. The van der Waals surface area contributed by atoms with Gasteiger partial charge in [0.15, 0.2) is 6.10 Å². The van der Waals surface area contributed by atoms with Crippen LogP contribution in [-0.4, -0.2) is 37.9 Å². The first-order chi connectivity index (χ1) is 30.6. The molecule has 1 unspecified atom stereocenters. The summed E-state index contributed by atoms with van der Waals surface area (Å²) < 4.78 is 17.3. The van der Waals surface area contributed by atoms with E-state index >= 15 is 0 Å². The molecular formula is C57H96O5. The van der Waals surface area contributed by atoms with Crippen LogP contribution in [0.1, 0.15) is 226 Å². The number of carbonyl (C=O) groups excluding carboxylic acids is 2. The number of ether oxygens (including phenoxy) is 3. The van der Waals surface area contributed by atoms with Crippen molar-refractivity contribution in [3.05, 3.63) is 97.2 Å². The fourth-order valence-electron chi connectivity index (χ4n) is 6.75. The van der Waals surface area contributed by atoms with E-state index in [0.717, 1.165) is 103 Å². The fourth-order valence-corrected chi connectivity index (χ4v) is 6.75. The summed E-state index contributed by atoms with van der Waals surface area (Å²) in [6.07, 6.45) is 69.9. The number of allylic oxidation sites excluding steroid dienone is 16. The molecule has 354 valence electrons. The Morgan fingerprint density at radius 1 is 0.371 bits per heavy atom. The molecule has 0 spiro atoms. The van der Waals surface area contributed by atoms with Crippen LogP contribution < -0.4 is 0 Å². The highest BCUT2D eigenvalue weighted by atomic mass is 16.6. The molecule has 0 bridgehead atoms. The lowest BCUT2D eigenvalue weighted by molar-refractivity contribution is -0.163. The van der Waals surface area contributed by atoms with E-state index < -0.39 is 6.10 Å². The van der Waals surface area contributed by atoms with Crippen molar-refractivity contribution in [1.29, 1.82) is 0 Å². The second-order valence-corrected chi connectivity index (χ2v) is 16.7. The van der Waals surface area contributed by atoms with E-state index in [9.17, 15) is 9.59 Å². The summed E-state index contributed by atoms with van der Waals surface area (Å²) in [7, 11) is 0. The molecule has 0 saturated heterocycles. The van der Waals surface area contributed by atoms with Gasteiger partial charge in [-0.25, -0.2) is 0 Å². The van der Waals surface area contributed by atoms with Crippen molar-refractivity contribution in [2.75, 3.05) is 19.8 Å². The second-order valence-electron chi connectivity index (χ2n) is 16.7. The minimum atomic E-state index is -0.578. The van der Waals surface area contributed by atoms with Gasteiger partial charge < -0.3 is 14.2 Å². The van der Waals surface area contributed by atoms with Crippen LogP contribution in [0.4, 0.5) is 0 Å². The SMILES string of the molecule is CC/C=C\C/C=C\C/C=C\C/C=C\C/C=C\C/C=C\CCCOCC(COC(=O)CCCCCCC/C=C\CCCCCC)OC(=O)CCCCCCC/C=C\CCCCCC. The van der Waals surface area contributed by atoms with E-state index in [1.54, 1.807) is 0 Å². The molecule has 0 aliphatic heterocycles. The molecule has 0 aromatic carbocycles. The number of hydrogen-bond donors (Lipinski definition) is 0. The summed E-state index contributed by atoms with van der Waals surface area (Å²) in [5.41, 5.74) is 0. The van der Waals surface area contributed by atoms with Crippen LogP contribution in [-0.2, 0) is 23.8 Å². The number of rotatable bonds is 46. The van der Waals surface area contributed by atoms with E-state index in [-0.39, 0.29) is 25.2 Å². The van der Waals surface area contributed by atoms with Gasteiger partial charge in [-0.3, -0.25) is 9.59 Å². The van der Waals surface area contributed by atoms with Crippen LogP contribution in [0.25, 0.3) is 0 Å². The van der Waals surface area contributed by atoms with Crippen molar-refractivity contribution >= 4 is 11.9 Å². The third-order valence-corrected chi connectivity index (χ3v) is 10.6. The van der Waals surface area contributed by atoms with Gasteiger partial charge in [0.2, 0.25) is 0 Å². The lowest BCUT2D eigenvalue weighted by atomic mass is 10.1. The number of carbonyl (C=O) groups is 2. The summed E-state index contributed by atoms with van der Waals surface area (Å²) in [5.74, 6) is -0.453. The quantitative estimate of drug-likeness (QED) is 0.0347. The van der Waals surface area contributed by atoms with Gasteiger partial charge in [0.25, 0.3) is 0 Å². The Morgan fingerprint density at radius 3 is 1.18 bits per heavy atom. The molecule has 62 heavy (non-hydrogen) atoms. The smallest absolute Gasteiger partial charge is 0.306 e. The van der Waals surface area contributed by atoms with E-state index in [1.807, 2.05) is 0 Å². The molecule has 0 aliphatic rings. The molecule has 1 atom stereocenters. The first-order valence-electron chi connectivity index (χ1n) is 25.8. The molecule has 5 nitrogen and oxygen atoms in total. The average molecular weight is 861 g/mol. The Kier molecular flexibility index (Phi) is 49.5. The molecule has 0 fully saturated rings. The van der Waals surface area contributed by atoms with Crippen LogP contribution in [0.3, 0.4) is 0 Å². The van der Waals surface area contributed by atoms with E-state index in [4.69, 9.17) is 14.2 Å². The Hall–Kier alpha value is -3.18. The highest BCUT2D eigenvalue weighted by Crippen LogP contribution is 2.13. The fraction of sp³-hybridized carbons (Fsp3) is 0.684. The molecule has 0 amide bonds. The second kappa shape index (κ2) is 52.2. The molecule has 0 aromatic heterocycles. The van der Waals surface area contributed by atoms with E-state index in [1.165, 1.54) is 89.9 Å². The summed E-state index contributed by atoms with van der Waals surface area (Å²) in [6.45, 7) is 7.52. The molecule has 5 heteroatoms. The van der Waals surface area contributed by atoms with Gasteiger partial charge in [-0.15, -0.1) is 0 Å². The van der Waals surface area contributed by atoms with E-state index in [0.29, 0.717) is 19.4 Å². The summed E-state index contributed by atoms with van der Waals surface area (Å²) >= 11 is 0. The van der Waals surface area contributed by atoms with Crippen LogP contribution in [0.2, 0.25) is 0 Å². The normalized spacial score (nSPS) is 13.0. The zero-order valence-electron chi connectivity index (χ0n) is 40.6. The molecule has 0 rings (SSSR count). The van der Waals surface area contributed by atoms with Crippen LogP contribution in [0.5, 0.6) is 0 Å². The lowest BCUT2D eigenvalue weighted by Gasteiger charge is -2.18. The first-order valence-corrected chi connectivity index (χ1v) is 25.8.